The first-order valence-electron chi connectivity index (χ1n) is 6.33. The van der Waals surface area contributed by atoms with Crippen LogP contribution in [0.3, 0.4) is 0 Å². The molecule has 0 atom stereocenters. The van der Waals surface area contributed by atoms with Crippen LogP contribution in [0.4, 0.5) is 5.69 Å². The fourth-order valence-corrected chi connectivity index (χ4v) is 2.13. The summed E-state index contributed by atoms with van der Waals surface area (Å²) in [6.07, 6.45) is 0.317. The second-order valence-electron chi connectivity index (χ2n) is 3.88. The van der Waals surface area contributed by atoms with E-state index in [1.807, 2.05) is 19.1 Å². The summed E-state index contributed by atoms with van der Waals surface area (Å²) in [5.41, 5.74) is 0.729. The van der Waals surface area contributed by atoms with E-state index in [-0.39, 0.29) is 11.9 Å². The molecule has 0 unspecified atom stereocenters. The number of hydrogen-bond donors (Lipinski definition) is 1. The number of esters is 1. The number of methoxy groups -OCH3 is 1. The number of ether oxygens (including phenoxy) is 2. The average Bonchev–Trinajstić information content (AvgIpc) is 2.45. The zero-order chi connectivity index (χ0) is 14.8. The number of rotatable bonds is 8. The Morgan fingerprint density at radius 1 is 1.25 bits per heavy atom. The maximum Gasteiger partial charge on any atom is 0.306 e. The van der Waals surface area contributed by atoms with Crippen LogP contribution >= 0.6 is 11.8 Å². The predicted octanol–water partition coefficient (Wildman–Crippen LogP) is 2.32. The summed E-state index contributed by atoms with van der Waals surface area (Å²) in [6, 6.07) is 7.21. The first kappa shape index (κ1) is 16.4. The van der Waals surface area contributed by atoms with Crippen LogP contribution in [-0.2, 0) is 14.3 Å². The molecule has 0 aliphatic carbocycles. The van der Waals surface area contributed by atoms with E-state index in [1.165, 1.54) is 18.9 Å². The van der Waals surface area contributed by atoms with Gasteiger partial charge in [-0.3, -0.25) is 9.59 Å². The molecule has 0 aliphatic rings. The molecule has 0 fully saturated rings. The smallest absolute Gasteiger partial charge is 0.306 e. The van der Waals surface area contributed by atoms with Crippen molar-refractivity contribution >= 4 is 29.3 Å². The van der Waals surface area contributed by atoms with Crippen molar-refractivity contribution in [2.45, 2.75) is 13.3 Å². The Kier molecular flexibility index (Phi) is 7.57. The molecule has 0 bridgehead atoms. The summed E-state index contributed by atoms with van der Waals surface area (Å²) in [4.78, 5) is 22.5. The van der Waals surface area contributed by atoms with Crippen LogP contribution in [0.5, 0.6) is 5.75 Å². The Bertz CT molecular complexity index is 433. The van der Waals surface area contributed by atoms with Gasteiger partial charge in [0.25, 0.3) is 0 Å². The van der Waals surface area contributed by atoms with Crippen molar-refractivity contribution in [3.63, 3.8) is 0 Å². The van der Waals surface area contributed by atoms with Crippen molar-refractivity contribution in [2.24, 2.45) is 0 Å². The van der Waals surface area contributed by atoms with Gasteiger partial charge in [0, 0.05) is 11.4 Å². The maximum absolute atomic E-state index is 11.7. The highest BCUT2D eigenvalue weighted by atomic mass is 32.2. The third kappa shape index (κ3) is 6.47. The summed E-state index contributed by atoms with van der Waals surface area (Å²) in [5.74, 6) is 1.31. The topological polar surface area (TPSA) is 64.6 Å². The van der Waals surface area contributed by atoms with Gasteiger partial charge >= 0.3 is 5.97 Å². The summed E-state index contributed by atoms with van der Waals surface area (Å²) < 4.78 is 9.84. The summed E-state index contributed by atoms with van der Waals surface area (Å²) in [6.45, 7) is 2.53. The molecule has 1 rings (SSSR count). The number of nitrogens with one attached hydrogen (secondary N) is 1. The van der Waals surface area contributed by atoms with Gasteiger partial charge in [-0.25, -0.2) is 0 Å². The van der Waals surface area contributed by atoms with Crippen LogP contribution in [0.15, 0.2) is 24.3 Å². The van der Waals surface area contributed by atoms with Crippen LogP contribution in [-0.4, -0.2) is 37.1 Å². The Balaban J connectivity index is 2.26. The molecular formula is C14H19NO4S. The van der Waals surface area contributed by atoms with E-state index in [0.29, 0.717) is 24.5 Å². The first-order chi connectivity index (χ1) is 9.65. The SMILES string of the molecule is CCOc1ccc(NC(=O)CSCCC(=O)OC)cc1. The molecule has 0 aliphatic heterocycles. The highest BCUT2D eigenvalue weighted by molar-refractivity contribution is 7.99. The van der Waals surface area contributed by atoms with E-state index in [4.69, 9.17) is 4.74 Å². The van der Waals surface area contributed by atoms with E-state index in [0.717, 1.165) is 11.4 Å². The van der Waals surface area contributed by atoms with Gasteiger partial charge in [0.1, 0.15) is 5.75 Å². The van der Waals surface area contributed by atoms with E-state index >= 15 is 0 Å². The molecule has 0 heterocycles. The van der Waals surface area contributed by atoms with E-state index in [2.05, 4.69) is 10.1 Å². The maximum atomic E-state index is 11.7. The molecule has 0 saturated heterocycles. The van der Waals surface area contributed by atoms with Gasteiger partial charge in [-0.1, -0.05) is 0 Å². The Morgan fingerprint density at radius 3 is 2.55 bits per heavy atom. The third-order valence-corrected chi connectivity index (χ3v) is 3.32. The van der Waals surface area contributed by atoms with Crippen LogP contribution in [0.25, 0.3) is 0 Å². The molecule has 1 aromatic rings. The molecule has 1 aromatic carbocycles. The summed E-state index contributed by atoms with van der Waals surface area (Å²) in [7, 11) is 1.35. The van der Waals surface area contributed by atoms with Crippen LogP contribution in [0.2, 0.25) is 0 Å². The lowest BCUT2D eigenvalue weighted by Crippen LogP contribution is -2.14. The summed E-state index contributed by atoms with van der Waals surface area (Å²) >= 11 is 1.40. The van der Waals surface area contributed by atoms with E-state index in [9.17, 15) is 9.59 Å². The zero-order valence-corrected chi connectivity index (χ0v) is 12.5. The van der Waals surface area contributed by atoms with Gasteiger partial charge in [0.2, 0.25) is 5.91 Å². The van der Waals surface area contributed by atoms with Crippen LogP contribution in [0, 0.1) is 0 Å². The number of hydrogen-bond acceptors (Lipinski definition) is 5. The van der Waals surface area contributed by atoms with Crippen molar-refractivity contribution in [2.75, 3.05) is 30.5 Å². The molecule has 6 heteroatoms. The van der Waals surface area contributed by atoms with Crippen LogP contribution in [0.1, 0.15) is 13.3 Å². The van der Waals surface area contributed by atoms with Crippen molar-refractivity contribution in [1.82, 2.24) is 0 Å². The second-order valence-corrected chi connectivity index (χ2v) is 4.99. The fourth-order valence-electron chi connectivity index (χ4n) is 1.42. The van der Waals surface area contributed by atoms with Gasteiger partial charge in [0.05, 0.1) is 25.9 Å². The van der Waals surface area contributed by atoms with Crippen molar-refractivity contribution in [3.8, 4) is 5.75 Å². The molecule has 5 nitrogen and oxygen atoms in total. The highest BCUT2D eigenvalue weighted by Crippen LogP contribution is 2.16. The van der Waals surface area contributed by atoms with Gasteiger partial charge in [-0.15, -0.1) is 0 Å². The molecule has 1 amide bonds. The Hall–Kier alpha value is -1.69. The largest absolute Gasteiger partial charge is 0.494 e. The molecule has 20 heavy (non-hydrogen) atoms. The molecule has 1 N–H and O–H groups in total. The molecule has 110 valence electrons. The van der Waals surface area contributed by atoms with Crippen molar-refractivity contribution < 1.29 is 19.1 Å². The Labute approximate surface area is 123 Å². The standard InChI is InChI=1S/C14H19NO4S/c1-3-19-12-6-4-11(5-7-12)15-13(16)10-20-9-8-14(17)18-2/h4-7H,3,8-10H2,1-2H3,(H,15,16). The van der Waals surface area contributed by atoms with Crippen LogP contribution < -0.4 is 10.1 Å². The van der Waals surface area contributed by atoms with Gasteiger partial charge in [-0.05, 0) is 31.2 Å². The highest BCUT2D eigenvalue weighted by Gasteiger charge is 2.05. The molecule has 0 spiro atoms. The van der Waals surface area contributed by atoms with E-state index < -0.39 is 0 Å². The zero-order valence-electron chi connectivity index (χ0n) is 11.7. The molecule has 0 saturated carbocycles. The number of anilines is 1. The quantitative estimate of drug-likeness (QED) is 0.589. The monoisotopic (exact) mass is 297 g/mol. The number of benzene rings is 1. The molecule has 0 aromatic heterocycles. The molecule has 0 radical (unpaired) electrons. The minimum absolute atomic E-state index is 0.0935. The number of amides is 1. The number of thioether (sulfide) groups is 1. The van der Waals surface area contributed by atoms with Gasteiger partial charge < -0.3 is 14.8 Å². The Morgan fingerprint density at radius 2 is 1.95 bits per heavy atom. The third-order valence-electron chi connectivity index (χ3n) is 2.36. The second kappa shape index (κ2) is 9.25. The minimum atomic E-state index is -0.260. The van der Waals surface area contributed by atoms with Crippen molar-refractivity contribution in [1.29, 1.82) is 0 Å². The minimum Gasteiger partial charge on any atom is -0.494 e. The average molecular weight is 297 g/mol. The lowest BCUT2D eigenvalue weighted by molar-refractivity contribution is -0.140. The lowest BCUT2D eigenvalue weighted by atomic mass is 10.3. The number of carbonyl (C=O) groups excluding carboxylic acids is 2. The lowest BCUT2D eigenvalue weighted by Gasteiger charge is -2.07. The predicted molar refractivity (Wildman–Crippen MR) is 80.2 cm³/mol. The van der Waals surface area contributed by atoms with E-state index in [1.54, 1.807) is 12.1 Å². The number of carbonyl (C=O) groups is 2. The molecular weight excluding hydrogens is 278 g/mol. The normalized spacial score (nSPS) is 9.90. The summed E-state index contributed by atoms with van der Waals surface area (Å²) in [5, 5.41) is 2.78. The van der Waals surface area contributed by atoms with Gasteiger partial charge in [-0.2, -0.15) is 11.8 Å². The first-order valence-corrected chi connectivity index (χ1v) is 7.48. The van der Waals surface area contributed by atoms with Gasteiger partial charge in [0.15, 0.2) is 0 Å². The fraction of sp³-hybridized carbons (Fsp3) is 0.429. The van der Waals surface area contributed by atoms with Crippen molar-refractivity contribution in [3.05, 3.63) is 24.3 Å².